The summed E-state index contributed by atoms with van der Waals surface area (Å²) in [6, 6.07) is 0. The Kier molecular flexibility index (Phi) is 0.958. The van der Waals surface area contributed by atoms with Gasteiger partial charge in [-0.05, 0) is 13.8 Å². The number of rotatable bonds is 0. The second kappa shape index (κ2) is 1.04. The van der Waals surface area contributed by atoms with E-state index in [4.69, 9.17) is 0 Å². The van der Waals surface area contributed by atoms with Crippen LogP contribution >= 0.6 is 0 Å². The van der Waals surface area contributed by atoms with Crippen molar-refractivity contribution >= 4 is 5.78 Å². The van der Waals surface area contributed by atoms with E-state index in [0.717, 1.165) is 0 Å². The summed E-state index contributed by atoms with van der Waals surface area (Å²) in [5.41, 5.74) is 0. The minimum atomic E-state index is 0. The van der Waals surface area contributed by atoms with Crippen molar-refractivity contribution in [2.24, 2.45) is 0 Å². The van der Waals surface area contributed by atoms with Crippen LogP contribution in [0.1, 0.15) is 15.3 Å². The van der Waals surface area contributed by atoms with Gasteiger partial charge in [-0.25, -0.2) is 0 Å². The summed E-state index contributed by atoms with van der Waals surface area (Å²) < 4.78 is 0. The summed E-state index contributed by atoms with van der Waals surface area (Å²) in [7, 11) is 0. The van der Waals surface area contributed by atoms with Crippen molar-refractivity contribution in [2.75, 3.05) is 0 Å². The third-order valence-electron chi connectivity index (χ3n) is 0. The third-order valence-corrected chi connectivity index (χ3v) is 0. The van der Waals surface area contributed by atoms with Gasteiger partial charge in [-0.2, -0.15) is 0 Å². The molecular weight excluding hydrogens is 52.0 g/mol. The highest BCUT2D eigenvalue weighted by atomic mass is 16.1. The molecule has 1 heteroatoms. The summed E-state index contributed by atoms with van der Waals surface area (Å²) in [6.45, 7) is 3.06. The molecule has 0 saturated carbocycles. The van der Waals surface area contributed by atoms with E-state index in [1.807, 2.05) is 0 Å². The fraction of sp³-hybridized carbons (Fsp3) is 0.667. The average molecular weight is 61.1 g/mol. The van der Waals surface area contributed by atoms with E-state index in [1.165, 1.54) is 13.8 Å². The van der Waals surface area contributed by atoms with Crippen molar-refractivity contribution < 1.29 is 6.22 Å². The lowest BCUT2D eigenvalue weighted by Crippen LogP contribution is -1.69. The SMILES string of the molecule is CC(C)=O.[2HH]. The van der Waals surface area contributed by atoms with Crippen LogP contribution in [0.25, 0.3) is 0 Å². The Balaban J connectivity index is 0. The summed E-state index contributed by atoms with van der Waals surface area (Å²) in [5.74, 6) is 0.167. The topological polar surface area (TPSA) is 17.1 Å². The highest BCUT2D eigenvalue weighted by Crippen LogP contribution is 1.50. The van der Waals surface area contributed by atoms with Crippen LogP contribution in [0.15, 0.2) is 0 Å². The van der Waals surface area contributed by atoms with Gasteiger partial charge < -0.3 is 4.79 Å². The van der Waals surface area contributed by atoms with Crippen molar-refractivity contribution in [3.8, 4) is 0 Å². The van der Waals surface area contributed by atoms with Crippen LogP contribution < -0.4 is 0 Å². The van der Waals surface area contributed by atoms with Gasteiger partial charge in [-0.3, -0.25) is 0 Å². The second-order valence-corrected chi connectivity index (χ2v) is 0.908. The van der Waals surface area contributed by atoms with Crippen LogP contribution in [0, 0.1) is 0 Å². The molecule has 0 bridgehead atoms. The van der Waals surface area contributed by atoms with Gasteiger partial charge >= 0.3 is 0 Å². The Morgan fingerprint density at radius 2 is 1.75 bits per heavy atom. The summed E-state index contributed by atoms with van der Waals surface area (Å²) in [6.07, 6.45) is 0. The number of carbonyl (C=O) groups excluding carboxylic acids is 1. The Morgan fingerprint density at radius 1 is 1.75 bits per heavy atom. The van der Waals surface area contributed by atoms with Gasteiger partial charge in [-0.15, -0.1) is 0 Å². The fourth-order valence-corrected chi connectivity index (χ4v) is 0. The molecular formula is C3H8O. The van der Waals surface area contributed by atoms with Crippen LogP contribution in [0.5, 0.6) is 0 Å². The van der Waals surface area contributed by atoms with Gasteiger partial charge in [0.2, 0.25) is 0 Å². The average Bonchev–Trinajstić information content (AvgIpc) is 0.811. The van der Waals surface area contributed by atoms with Crippen LogP contribution in [0.3, 0.4) is 0 Å². The number of carbonyl (C=O) groups is 1. The van der Waals surface area contributed by atoms with Crippen molar-refractivity contribution in [2.45, 2.75) is 13.8 Å². The van der Waals surface area contributed by atoms with Crippen molar-refractivity contribution in [3.05, 3.63) is 0 Å². The predicted octanol–water partition coefficient (Wildman–Crippen LogP) is 0.841. The van der Waals surface area contributed by atoms with Gasteiger partial charge in [0.25, 0.3) is 0 Å². The van der Waals surface area contributed by atoms with E-state index < -0.39 is 0 Å². The molecule has 0 saturated heterocycles. The highest BCUT2D eigenvalue weighted by molar-refractivity contribution is 5.72. The quantitative estimate of drug-likeness (QED) is 0.405. The number of ketones is 1. The molecule has 1 nitrogen and oxygen atoms in total. The summed E-state index contributed by atoms with van der Waals surface area (Å²) >= 11 is 0. The Bertz CT molecular complexity index is 29.9. The highest BCUT2D eigenvalue weighted by Gasteiger charge is 1.62. The minimum Gasteiger partial charge on any atom is -0.300 e. The molecule has 26 valence electrons. The molecule has 0 aliphatic rings. The van der Waals surface area contributed by atoms with Crippen molar-refractivity contribution in [1.29, 1.82) is 0 Å². The van der Waals surface area contributed by atoms with Gasteiger partial charge in [0.15, 0.2) is 0 Å². The molecule has 0 aromatic heterocycles. The first-order valence-corrected chi connectivity index (χ1v) is 1.20. The predicted molar refractivity (Wildman–Crippen MR) is 18.5 cm³/mol. The molecule has 4 heavy (non-hydrogen) atoms. The number of hydrogen-bond acceptors (Lipinski definition) is 1. The molecule has 0 radical (unpaired) electrons. The third kappa shape index (κ3) is 6.88. The zero-order valence-electron chi connectivity index (χ0n) is 2.91. The van der Waals surface area contributed by atoms with E-state index in [9.17, 15) is 4.79 Å². The maximum atomic E-state index is 9.44. The van der Waals surface area contributed by atoms with Crippen molar-refractivity contribution in [3.63, 3.8) is 0 Å². The summed E-state index contributed by atoms with van der Waals surface area (Å²) in [5, 5.41) is 0. The first-order chi connectivity index (χ1) is 1.73. The molecule has 0 N–H and O–H groups in total. The lowest BCUT2D eigenvalue weighted by atomic mass is 10.6. The zero-order valence-corrected chi connectivity index (χ0v) is 2.91. The standard InChI is InChI=1S/C3H6O.H2/c1-3(2)4;/h1-2H3;1H/i;1+1. The molecule has 0 aromatic rings. The lowest BCUT2D eigenvalue weighted by Gasteiger charge is -1.56. The molecule has 0 aromatic carbocycles. The number of Topliss-reactive ketones (excluding diaryl/α,β-unsaturated/α-hetero) is 1. The van der Waals surface area contributed by atoms with E-state index in [1.54, 1.807) is 0 Å². The smallest absolute Gasteiger partial charge is 0.126 e. The first-order valence-electron chi connectivity index (χ1n) is 1.20. The van der Waals surface area contributed by atoms with Gasteiger partial charge in [0.05, 0.1) is 0 Å². The molecule has 0 aliphatic heterocycles. The van der Waals surface area contributed by atoms with Crippen LogP contribution in [-0.4, -0.2) is 5.78 Å². The zero-order chi connectivity index (χ0) is 3.58. The van der Waals surface area contributed by atoms with E-state index in [-0.39, 0.29) is 7.21 Å². The van der Waals surface area contributed by atoms with Gasteiger partial charge in [0.1, 0.15) is 5.78 Å². The molecule has 0 amide bonds. The molecule has 0 spiro atoms. The normalized spacial score (nSPS) is 6.50. The van der Waals surface area contributed by atoms with E-state index in [0.29, 0.717) is 0 Å². The molecule has 0 unspecified atom stereocenters. The van der Waals surface area contributed by atoms with Crippen molar-refractivity contribution in [1.82, 2.24) is 0 Å². The van der Waals surface area contributed by atoms with E-state index in [2.05, 4.69) is 0 Å². The number of hydrogen-bond donors (Lipinski definition) is 0. The van der Waals surface area contributed by atoms with Crippen LogP contribution in [0.2, 0.25) is 0 Å². The van der Waals surface area contributed by atoms with Gasteiger partial charge in [0, 0.05) is 1.43 Å². The Hall–Kier alpha value is -0.330. The van der Waals surface area contributed by atoms with Crippen LogP contribution in [0.4, 0.5) is 0 Å². The monoisotopic (exact) mass is 61.1 g/mol. The second-order valence-electron chi connectivity index (χ2n) is 0.908. The molecule has 0 rings (SSSR count). The Labute approximate surface area is 27.1 Å². The van der Waals surface area contributed by atoms with E-state index >= 15 is 0 Å². The van der Waals surface area contributed by atoms with Gasteiger partial charge in [-0.1, -0.05) is 0 Å². The molecule has 0 atom stereocenters. The largest absolute Gasteiger partial charge is 0.300 e. The molecule has 0 fully saturated rings. The fourth-order valence-electron chi connectivity index (χ4n) is 0. The molecule has 0 aliphatic carbocycles. The maximum absolute atomic E-state index is 9.44. The lowest BCUT2D eigenvalue weighted by molar-refractivity contribution is -0.114. The Morgan fingerprint density at radius 3 is 1.75 bits per heavy atom. The summed E-state index contributed by atoms with van der Waals surface area (Å²) in [4.78, 5) is 9.44. The molecule has 0 heterocycles. The van der Waals surface area contributed by atoms with Crippen LogP contribution in [-0.2, 0) is 4.79 Å². The minimum absolute atomic E-state index is 0. The first kappa shape index (κ1) is 3.67. The maximum Gasteiger partial charge on any atom is 0.126 e.